The molecule has 0 aliphatic carbocycles. The van der Waals surface area contributed by atoms with Crippen molar-refractivity contribution in [2.75, 3.05) is 5.32 Å². The molecular weight excluding hydrogens is 370 g/mol. The van der Waals surface area contributed by atoms with E-state index in [0.717, 1.165) is 30.2 Å². The highest BCUT2D eigenvalue weighted by molar-refractivity contribution is 6.42. The van der Waals surface area contributed by atoms with Crippen molar-refractivity contribution in [1.29, 1.82) is 0 Å². The number of rotatable bonds is 1. The van der Waals surface area contributed by atoms with Crippen LogP contribution >= 0.6 is 23.2 Å². The molecule has 0 spiro atoms. The molecule has 2 bridgehead atoms. The second kappa shape index (κ2) is 6.00. The fourth-order valence-electron chi connectivity index (χ4n) is 3.63. The topological polar surface area (TPSA) is 78.1 Å². The number of fused-ring (bicyclic) bond motifs is 4. The number of hydrogen-bond acceptors (Lipinski definition) is 3. The summed E-state index contributed by atoms with van der Waals surface area (Å²) in [5.41, 5.74) is 1.23. The van der Waals surface area contributed by atoms with Gasteiger partial charge in [0.05, 0.1) is 21.8 Å². The fraction of sp³-hybridized carbons (Fsp3) is 0.312. The summed E-state index contributed by atoms with van der Waals surface area (Å²) >= 11 is 11.7. The highest BCUT2D eigenvalue weighted by atomic mass is 35.5. The molecule has 3 heterocycles. The predicted octanol–water partition coefficient (Wildman–Crippen LogP) is 3.51. The van der Waals surface area contributed by atoms with Gasteiger partial charge < -0.3 is 15.2 Å². The molecule has 2 aromatic rings. The van der Waals surface area contributed by atoms with E-state index in [4.69, 9.17) is 23.2 Å². The molecule has 9 heteroatoms. The van der Waals surface area contributed by atoms with Gasteiger partial charge in [-0.05, 0) is 25.0 Å². The lowest BCUT2D eigenvalue weighted by molar-refractivity contribution is 0.178. The van der Waals surface area contributed by atoms with Crippen molar-refractivity contribution in [3.63, 3.8) is 0 Å². The van der Waals surface area contributed by atoms with Crippen LogP contribution in [0.4, 0.5) is 14.9 Å². The number of amides is 2. The molecule has 2 N–H and O–H groups in total. The summed E-state index contributed by atoms with van der Waals surface area (Å²) in [6.07, 6.45) is 3.63. The van der Waals surface area contributed by atoms with Crippen LogP contribution in [-0.2, 0) is 6.42 Å². The van der Waals surface area contributed by atoms with Crippen molar-refractivity contribution in [1.82, 2.24) is 14.9 Å². The number of H-pyrrole nitrogens is 1. The van der Waals surface area contributed by atoms with E-state index in [9.17, 15) is 14.0 Å². The van der Waals surface area contributed by atoms with Gasteiger partial charge in [-0.1, -0.05) is 23.2 Å². The van der Waals surface area contributed by atoms with Gasteiger partial charge in [0.25, 0.3) is 0 Å². The van der Waals surface area contributed by atoms with Crippen LogP contribution in [0.5, 0.6) is 0 Å². The van der Waals surface area contributed by atoms with Gasteiger partial charge in [-0.2, -0.15) is 0 Å². The summed E-state index contributed by atoms with van der Waals surface area (Å²) in [5, 5.41) is 2.81. The lowest BCUT2D eigenvalue weighted by atomic mass is 10.00. The fourth-order valence-corrected chi connectivity index (χ4v) is 3.94. The van der Waals surface area contributed by atoms with Crippen LogP contribution < -0.4 is 11.0 Å². The molecule has 1 aromatic carbocycles. The van der Waals surface area contributed by atoms with E-state index >= 15 is 0 Å². The van der Waals surface area contributed by atoms with Crippen LogP contribution in [0.1, 0.15) is 30.1 Å². The number of halogens is 3. The Morgan fingerprint density at radius 3 is 2.88 bits per heavy atom. The van der Waals surface area contributed by atoms with Crippen molar-refractivity contribution in [2.45, 2.75) is 31.3 Å². The SMILES string of the molecule is O=C(Nc1cc(Cl)c(Cl)cc1F)N1[C@H]2CC[C@@H]1c1cnc(=O)[nH]c1C2. The zero-order valence-electron chi connectivity index (χ0n) is 12.9. The molecule has 1 fully saturated rings. The second-order valence-electron chi connectivity index (χ2n) is 6.16. The Hall–Kier alpha value is -2.12. The summed E-state index contributed by atoms with van der Waals surface area (Å²) in [7, 11) is 0. The number of anilines is 1. The molecule has 25 heavy (non-hydrogen) atoms. The minimum atomic E-state index is -0.654. The van der Waals surface area contributed by atoms with Gasteiger partial charge in [0.2, 0.25) is 0 Å². The Morgan fingerprint density at radius 2 is 2.08 bits per heavy atom. The Balaban J connectivity index is 1.63. The molecule has 2 amide bonds. The Bertz CT molecular complexity index is 933. The third kappa shape index (κ3) is 2.77. The van der Waals surface area contributed by atoms with Crippen molar-refractivity contribution in [3.8, 4) is 0 Å². The van der Waals surface area contributed by atoms with Crippen LogP contribution in [0.2, 0.25) is 10.0 Å². The number of hydrogen-bond donors (Lipinski definition) is 2. The summed E-state index contributed by atoms with van der Waals surface area (Å²) in [5.74, 6) is -0.654. The van der Waals surface area contributed by atoms with E-state index in [1.807, 2.05) is 0 Å². The van der Waals surface area contributed by atoms with E-state index in [1.54, 1.807) is 4.90 Å². The summed E-state index contributed by atoms with van der Waals surface area (Å²) in [6.45, 7) is 0. The first-order chi connectivity index (χ1) is 11.9. The number of urea groups is 1. The third-order valence-electron chi connectivity index (χ3n) is 4.71. The second-order valence-corrected chi connectivity index (χ2v) is 6.97. The minimum absolute atomic E-state index is 0.0239. The third-order valence-corrected chi connectivity index (χ3v) is 5.44. The number of nitrogens with one attached hydrogen (secondary N) is 2. The summed E-state index contributed by atoms with van der Waals surface area (Å²) in [4.78, 5) is 32.3. The largest absolute Gasteiger partial charge is 0.345 e. The smallest absolute Gasteiger partial charge is 0.314 e. The van der Waals surface area contributed by atoms with Gasteiger partial charge in [-0.3, -0.25) is 0 Å². The number of carbonyl (C=O) groups excluding carboxylic acids is 1. The quantitative estimate of drug-likeness (QED) is 0.740. The van der Waals surface area contributed by atoms with Crippen LogP contribution in [0.15, 0.2) is 23.1 Å². The van der Waals surface area contributed by atoms with Crippen molar-refractivity contribution < 1.29 is 9.18 Å². The Labute approximate surface area is 152 Å². The highest BCUT2D eigenvalue weighted by Gasteiger charge is 2.43. The molecule has 1 saturated heterocycles. The van der Waals surface area contributed by atoms with Crippen LogP contribution in [0.25, 0.3) is 0 Å². The van der Waals surface area contributed by atoms with E-state index in [0.29, 0.717) is 6.42 Å². The van der Waals surface area contributed by atoms with Crippen LogP contribution in [-0.4, -0.2) is 26.9 Å². The molecule has 0 saturated carbocycles. The van der Waals surface area contributed by atoms with Gasteiger partial charge >= 0.3 is 11.7 Å². The number of carbonyl (C=O) groups is 1. The molecule has 6 nitrogen and oxygen atoms in total. The molecule has 4 rings (SSSR count). The zero-order valence-corrected chi connectivity index (χ0v) is 14.4. The molecule has 130 valence electrons. The lowest BCUT2D eigenvalue weighted by Crippen LogP contribution is -2.45. The van der Waals surface area contributed by atoms with Gasteiger partial charge in [0, 0.05) is 29.9 Å². The monoisotopic (exact) mass is 382 g/mol. The van der Waals surface area contributed by atoms with E-state index in [-0.39, 0.29) is 27.8 Å². The van der Waals surface area contributed by atoms with Gasteiger partial charge in [-0.15, -0.1) is 0 Å². The van der Waals surface area contributed by atoms with Crippen LogP contribution in [0.3, 0.4) is 0 Å². The zero-order chi connectivity index (χ0) is 17.7. The first-order valence-electron chi connectivity index (χ1n) is 7.76. The normalized spacial score (nSPS) is 21.2. The molecule has 2 atom stereocenters. The molecule has 2 aliphatic rings. The predicted molar refractivity (Wildman–Crippen MR) is 91.6 cm³/mol. The first-order valence-corrected chi connectivity index (χ1v) is 8.51. The molecule has 0 radical (unpaired) electrons. The summed E-state index contributed by atoms with van der Waals surface area (Å²) in [6, 6.07) is 1.69. The first kappa shape index (κ1) is 16.4. The van der Waals surface area contributed by atoms with Gasteiger partial charge in [0.1, 0.15) is 5.82 Å². The van der Waals surface area contributed by atoms with E-state index in [1.165, 1.54) is 12.3 Å². The number of aromatic nitrogens is 2. The number of aromatic amines is 1. The Morgan fingerprint density at radius 1 is 1.32 bits per heavy atom. The van der Waals surface area contributed by atoms with Crippen LogP contribution in [0, 0.1) is 5.82 Å². The molecule has 2 aliphatic heterocycles. The molecule has 0 unspecified atom stereocenters. The number of nitrogens with zero attached hydrogens (tertiary/aromatic N) is 2. The van der Waals surface area contributed by atoms with Crippen molar-refractivity contribution in [3.05, 3.63) is 55.9 Å². The molecule has 1 aromatic heterocycles. The maximum Gasteiger partial charge on any atom is 0.345 e. The maximum absolute atomic E-state index is 14.0. The highest BCUT2D eigenvalue weighted by Crippen LogP contribution is 2.42. The Kier molecular flexibility index (Phi) is 3.92. The van der Waals surface area contributed by atoms with Gasteiger partial charge in [-0.25, -0.2) is 19.0 Å². The van der Waals surface area contributed by atoms with E-state index in [2.05, 4.69) is 15.3 Å². The average molecular weight is 383 g/mol. The maximum atomic E-state index is 14.0. The van der Waals surface area contributed by atoms with Gasteiger partial charge in [0.15, 0.2) is 0 Å². The van der Waals surface area contributed by atoms with E-state index < -0.39 is 17.5 Å². The standard InChI is InChI=1S/C16H13Cl2FN4O2/c17-9-4-11(19)13(5-10(9)18)22-16(25)23-7-1-2-14(23)8-6-20-15(24)21-12(8)3-7/h4-7,14H,1-3H2,(H,22,25)(H,20,21,24)/t7-,14+/m0/s1. The minimum Gasteiger partial charge on any atom is -0.314 e. The number of benzene rings is 1. The van der Waals surface area contributed by atoms with Crippen molar-refractivity contribution in [2.24, 2.45) is 0 Å². The summed E-state index contributed by atoms with van der Waals surface area (Å²) < 4.78 is 14.0. The average Bonchev–Trinajstić information content (AvgIpc) is 2.88. The molecular formula is C16H13Cl2FN4O2. The lowest BCUT2D eigenvalue weighted by Gasteiger charge is -2.35. The van der Waals surface area contributed by atoms with Crippen molar-refractivity contribution >= 4 is 34.9 Å².